The minimum atomic E-state index is -0.581. The van der Waals surface area contributed by atoms with E-state index >= 15 is 0 Å². The molecule has 2 aromatic heterocycles. The van der Waals surface area contributed by atoms with E-state index in [-0.39, 0.29) is 12.2 Å². The smallest absolute Gasteiger partial charge is 0.410 e. The van der Waals surface area contributed by atoms with Crippen molar-refractivity contribution in [2.24, 2.45) is 0 Å². The van der Waals surface area contributed by atoms with Crippen LogP contribution in [0.2, 0.25) is 5.02 Å². The minimum absolute atomic E-state index is 0.288. The summed E-state index contributed by atoms with van der Waals surface area (Å²) in [5.41, 5.74) is 1.13. The summed E-state index contributed by atoms with van der Waals surface area (Å²) in [5.74, 6) is 0.862. The van der Waals surface area contributed by atoms with Crippen molar-refractivity contribution in [2.75, 3.05) is 13.1 Å². The number of carbonyl (C=O) groups is 1. The van der Waals surface area contributed by atoms with Gasteiger partial charge in [0.05, 0.1) is 27.9 Å². The maximum absolute atomic E-state index is 12.6. The Labute approximate surface area is 200 Å². The number of aryl methyl sites for hydroxylation is 2. The molecule has 4 heterocycles. The normalized spacial score (nSPS) is 20.2. The number of hydrogen-bond donors (Lipinski definition) is 0. The van der Waals surface area contributed by atoms with Crippen LogP contribution in [0.3, 0.4) is 0 Å². The second kappa shape index (κ2) is 8.24. The number of pyridine rings is 1. The lowest BCUT2D eigenvalue weighted by Crippen LogP contribution is -2.47. The van der Waals surface area contributed by atoms with Crippen molar-refractivity contribution in [2.45, 2.75) is 90.6 Å². The van der Waals surface area contributed by atoms with E-state index in [1.165, 1.54) is 0 Å². The molecule has 33 heavy (non-hydrogen) atoms. The summed E-state index contributed by atoms with van der Waals surface area (Å²) >= 11 is 6.52. The first kappa shape index (κ1) is 24.0. The lowest BCUT2D eigenvalue weighted by molar-refractivity contribution is -0.131. The summed E-state index contributed by atoms with van der Waals surface area (Å²) in [4.78, 5) is 23.9. The Hall–Kier alpha value is -2.19. The van der Waals surface area contributed by atoms with Crippen LogP contribution in [0.5, 0.6) is 0 Å². The number of piperidine rings is 1. The quantitative estimate of drug-likeness (QED) is 0.625. The molecule has 1 saturated heterocycles. The highest BCUT2D eigenvalue weighted by Crippen LogP contribution is 2.55. The van der Waals surface area contributed by atoms with Gasteiger partial charge in [0.2, 0.25) is 0 Å². The van der Waals surface area contributed by atoms with E-state index < -0.39 is 16.6 Å². The van der Waals surface area contributed by atoms with Crippen LogP contribution in [-0.2, 0) is 27.0 Å². The van der Waals surface area contributed by atoms with Gasteiger partial charge in [-0.2, -0.15) is 5.10 Å². The fourth-order valence-electron chi connectivity index (χ4n) is 4.88. The molecular weight excluding hydrogens is 442 g/mol. The van der Waals surface area contributed by atoms with Gasteiger partial charge in [-0.15, -0.1) is 0 Å². The summed E-state index contributed by atoms with van der Waals surface area (Å²) in [5, 5.41) is 5.00. The van der Waals surface area contributed by atoms with Gasteiger partial charge < -0.3 is 14.4 Å². The average Bonchev–Trinajstić information content (AvgIpc) is 3.33. The standard InChI is InChI=1S/C24H34ClN5O3/c1-8-30-20(26-14-27-30)23(6,7)19-16-13-17(25)15(2)28-18(16)24(32-19)9-11-29(12-10-24)21(31)33-22(3,4)5/h13-14,19H,8-12H2,1-7H3. The average molecular weight is 476 g/mol. The van der Waals surface area contributed by atoms with Crippen LogP contribution in [0.4, 0.5) is 4.79 Å². The summed E-state index contributed by atoms with van der Waals surface area (Å²) in [6, 6.07) is 1.99. The highest BCUT2D eigenvalue weighted by Gasteiger charge is 2.54. The molecule has 1 fully saturated rings. The van der Waals surface area contributed by atoms with E-state index in [2.05, 4.69) is 23.9 Å². The fourth-order valence-corrected chi connectivity index (χ4v) is 5.04. The monoisotopic (exact) mass is 475 g/mol. The van der Waals surface area contributed by atoms with Gasteiger partial charge in [0.15, 0.2) is 0 Å². The number of fused-ring (bicyclic) bond motifs is 2. The highest BCUT2D eigenvalue weighted by atomic mass is 35.5. The number of hydrogen-bond acceptors (Lipinski definition) is 6. The molecule has 1 atom stereocenters. The summed E-state index contributed by atoms with van der Waals surface area (Å²) in [7, 11) is 0. The molecule has 2 aliphatic rings. The number of likely N-dealkylation sites (tertiary alicyclic amines) is 1. The summed E-state index contributed by atoms with van der Waals surface area (Å²) < 4.78 is 14.4. The third-order valence-electron chi connectivity index (χ3n) is 6.61. The van der Waals surface area contributed by atoms with Gasteiger partial charge >= 0.3 is 6.09 Å². The number of ether oxygens (including phenoxy) is 2. The molecule has 1 spiro atoms. The summed E-state index contributed by atoms with van der Waals surface area (Å²) in [6.07, 6.45) is 2.29. The van der Waals surface area contributed by atoms with Gasteiger partial charge in [0, 0.05) is 25.2 Å². The molecule has 0 bridgehead atoms. The Bertz CT molecular complexity index is 1050. The molecule has 0 aliphatic carbocycles. The second-order valence-electron chi connectivity index (χ2n) is 10.6. The third-order valence-corrected chi connectivity index (χ3v) is 6.99. The molecule has 2 aromatic rings. The lowest BCUT2D eigenvalue weighted by Gasteiger charge is -2.40. The largest absolute Gasteiger partial charge is 0.444 e. The van der Waals surface area contributed by atoms with Crippen molar-refractivity contribution in [1.29, 1.82) is 0 Å². The molecule has 8 nitrogen and oxygen atoms in total. The van der Waals surface area contributed by atoms with Crippen LogP contribution in [-0.4, -0.2) is 49.4 Å². The van der Waals surface area contributed by atoms with E-state index in [0.717, 1.165) is 29.3 Å². The van der Waals surface area contributed by atoms with Crippen molar-refractivity contribution in [3.63, 3.8) is 0 Å². The zero-order chi connectivity index (χ0) is 24.2. The number of rotatable bonds is 3. The van der Waals surface area contributed by atoms with Crippen LogP contribution >= 0.6 is 11.6 Å². The third kappa shape index (κ3) is 4.23. The highest BCUT2D eigenvalue weighted by molar-refractivity contribution is 6.31. The zero-order valence-electron chi connectivity index (χ0n) is 20.6. The van der Waals surface area contributed by atoms with E-state index in [4.69, 9.17) is 26.1 Å². The molecule has 0 radical (unpaired) electrons. The maximum atomic E-state index is 12.6. The molecule has 2 aliphatic heterocycles. The Morgan fingerprint density at radius 2 is 1.94 bits per heavy atom. The molecule has 0 saturated carbocycles. The van der Waals surface area contributed by atoms with Crippen LogP contribution in [0.15, 0.2) is 12.4 Å². The minimum Gasteiger partial charge on any atom is -0.444 e. The van der Waals surface area contributed by atoms with E-state index in [0.29, 0.717) is 31.0 Å². The van der Waals surface area contributed by atoms with E-state index in [9.17, 15) is 4.79 Å². The summed E-state index contributed by atoms with van der Waals surface area (Å²) in [6.45, 7) is 15.7. The first-order chi connectivity index (χ1) is 15.4. The van der Waals surface area contributed by atoms with Gasteiger partial charge in [-0.05, 0) is 67.4 Å². The van der Waals surface area contributed by atoms with Crippen LogP contribution < -0.4 is 0 Å². The molecule has 0 N–H and O–H groups in total. The fraction of sp³-hybridized carbons (Fsp3) is 0.667. The first-order valence-corrected chi connectivity index (χ1v) is 12.0. The van der Waals surface area contributed by atoms with Crippen LogP contribution in [0, 0.1) is 6.92 Å². The van der Waals surface area contributed by atoms with E-state index in [1.807, 2.05) is 45.4 Å². The Morgan fingerprint density at radius 1 is 1.27 bits per heavy atom. The number of nitrogens with zero attached hydrogens (tertiary/aromatic N) is 5. The maximum Gasteiger partial charge on any atom is 0.410 e. The Balaban J connectivity index is 1.67. The molecule has 9 heteroatoms. The molecular formula is C24H34ClN5O3. The van der Waals surface area contributed by atoms with Crippen molar-refractivity contribution in [3.05, 3.63) is 40.2 Å². The molecule has 1 amide bonds. The lowest BCUT2D eigenvalue weighted by atomic mass is 9.81. The van der Waals surface area contributed by atoms with Crippen molar-refractivity contribution in [1.82, 2.24) is 24.6 Å². The number of aromatic nitrogens is 4. The SMILES string of the molecule is CCn1ncnc1C(C)(C)C1OC2(CCN(C(=O)OC(C)(C)C)CC2)c2nc(C)c(Cl)cc21. The number of carbonyl (C=O) groups excluding carboxylic acids is 1. The van der Waals surface area contributed by atoms with Gasteiger partial charge in [0.1, 0.15) is 23.4 Å². The molecule has 180 valence electrons. The second-order valence-corrected chi connectivity index (χ2v) is 11.0. The Morgan fingerprint density at radius 3 is 2.55 bits per heavy atom. The van der Waals surface area contributed by atoms with Gasteiger partial charge in [-0.3, -0.25) is 4.98 Å². The van der Waals surface area contributed by atoms with Crippen molar-refractivity contribution >= 4 is 17.7 Å². The van der Waals surface area contributed by atoms with Gasteiger partial charge in [0.25, 0.3) is 0 Å². The van der Waals surface area contributed by atoms with Crippen LogP contribution in [0.25, 0.3) is 0 Å². The zero-order valence-corrected chi connectivity index (χ0v) is 21.4. The van der Waals surface area contributed by atoms with Gasteiger partial charge in [-0.25, -0.2) is 14.5 Å². The predicted molar refractivity (Wildman–Crippen MR) is 125 cm³/mol. The van der Waals surface area contributed by atoms with Crippen molar-refractivity contribution in [3.8, 4) is 0 Å². The molecule has 4 rings (SSSR count). The van der Waals surface area contributed by atoms with E-state index in [1.54, 1.807) is 11.2 Å². The molecule has 0 aromatic carbocycles. The van der Waals surface area contributed by atoms with Crippen LogP contribution in [0.1, 0.15) is 83.3 Å². The van der Waals surface area contributed by atoms with Gasteiger partial charge in [-0.1, -0.05) is 11.6 Å². The first-order valence-electron chi connectivity index (χ1n) is 11.6. The topological polar surface area (TPSA) is 82.4 Å². The molecule has 1 unspecified atom stereocenters. The van der Waals surface area contributed by atoms with Crippen molar-refractivity contribution < 1.29 is 14.3 Å². The number of halogens is 1. The number of amides is 1. The Kier molecular flexibility index (Phi) is 5.98. The predicted octanol–water partition coefficient (Wildman–Crippen LogP) is 4.93.